The van der Waals surface area contributed by atoms with Gasteiger partial charge in [-0.15, -0.1) is 0 Å². The van der Waals surface area contributed by atoms with E-state index in [0.29, 0.717) is 11.6 Å². The first-order chi connectivity index (χ1) is 9.38. The lowest BCUT2D eigenvalue weighted by molar-refractivity contribution is 0.476. The number of aromatic nitrogens is 4. The number of H-pyrrole nitrogens is 1. The summed E-state index contributed by atoms with van der Waals surface area (Å²) in [6.07, 6.45) is 9.72. The normalized spacial score (nSPS) is 17.1. The van der Waals surface area contributed by atoms with Crippen molar-refractivity contribution < 1.29 is 0 Å². The molecule has 1 aliphatic heterocycles. The largest absolute Gasteiger partial charge is 0.479 e. The molecule has 1 fully saturated rings. The number of rotatable bonds is 2. The van der Waals surface area contributed by atoms with Crippen LogP contribution in [0.3, 0.4) is 0 Å². The van der Waals surface area contributed by atoms with E-state index >= 15 is 0 Å². The van der Waals surface area contributed by atoms with Crippen molar-refractivity contribution in [3.8, 4) is 0 Å². The highest BCUT2D eigenvalue weighted by molar-refractivity contribution is 5.82. The monoisotopic (exact) mass is 253 g/mol. The Labute approximate surface area is 111 Å². The topological polar surface area (TPSA) is 62.1 Å². The van der Waals surface area contributed by atoms with Gasteiger partial charge in [-0.3, -0.25) is 6.57 Å². The number of piperidine rings is 1. The van der Waals surface area contributed by atoms with E-state index in [1.807, 2.05) is 6.08 Å². The lowest BCUT2D eigenvalue weighted by Crippen LogP contribution is -2.33. The summed E-state index contributed by atoms with van der Waals surface area (Å²) in [6, 6.07) is 0. The van der Waals surface area contributed by atoms with Crippen LogP contribution in [-0.4, -0.2) is 33.0 Å². The predicted molar refractivity (Wildman–Crippen MR) is 71.0 cm³/mol. The van der Waals surface area contributed by atoms with Crippen LogP contribution in [0, 0.1) is 18.7 Å². The van der Waals surface area contributed by atoms with E-state index in [9.17, 15) is 0 Å². The quantitative estimate of drug-likeness (QED) is 0.829. The van der Waals surface area contributed by atoms with Crippen LogP contribution in [0.1, 0.15) is 12.8 Å². The number of anilines is 1. The Morgan fingerprint density at radius 2 is 2.21 bits per heavy atom. The van der Waals surface area contributed by atoms with Gasteiger partial charge in [0, 0.05) is 13.1 Å². The Hall–Kier alpha value is -2.42. The predicted octanol–water partition coefficient (Wildman–Crippen LogP) is 1.81. The van der Waals surface area contributed by atoms with Gasteiger partial charge >= 0.3 is 0 Å². The van der Waals surface area contributed by atoms with Crippen LogP contribution >= 0.6 is 0 Å². The molecule has 6 heteroatoms. The number of nitrogens with zero attached hydrogens (tertiary/aromatic N) is 5. The third-order valence-electron chi connectivity index (χ3n) is 3.42. The lowest BCUT2D eigenvalue weighted by Gasteiger charge is -2.32. The third kappa shape index (κ3) is 2.27. The summed E-state index contributed by atoms with van der Waals surface area (Å²) in [7, 11) is 0. The molecule has 0 aliphatic carbocycles. The zero-order chi connectivity index (χ0) is 13.1. The van der Waals surface area contributed by atoms with Crippen molar-refractivity contribution in [3.63, 3.8) is 0 Å². The summed E-state index contributed by atoms with van der Waals surface area (Å²) in [4.78, 5) is 21.1. The van der Waals surface area contributed by atoms with Crippen LogP contribution in [0.4, 0.5) is 5.82 Å². The minimum absolute atomic E-state index is 0.449. The maximum atomic E-state index is 6.71. The zero-order valence-electron chi connectivity index (χ0n) is 10.4. The first kappa shape index (κ1) is 11.7. The molecule has 1 saturated heterocycles. The highest BCUT2D eigenvalue weighted by atomic mass is 15.2. The van der Waals surface area contributed by atoms with Gasteiger partial charge in [-0.05, 0) is 18.8 Å². The number of imidazole rings is 1. The molecule has 19 heavy (non-hydrogen) atoms. The van der Waals surface area contributed by atoms with Crippen LogP contribution in [-0.2, 0) is 0 Å². The fourth-order valence-corrected chi connectivity index (χ4v) is 2.41. The molecule has 0 spiro atoms. The average molecular weight is 253 g/mol. The van der Waals surface area contributed by atoms with E-state index in [4.69, 9.17) is 6.57 Å². The van der Waals surface area contributed by atoms with E-state index in [-0.39, 0.29) is 0 Å². The highest BCUT2D eigenvalue weighted by Gasteiger charge is 2.19. The lowest BCUT2D eigenvalue weighted by atomic mass is 9.97. The summed E-state index contributed by atoms with van der Waals surface area (Å²) in [5.74, 6) is 1.36. The van der Waals surface area contributed by atoms with Crippen molar-refractivity contribution in [2.75, 3.05) is 18.0 Å². The standard InChI is InChI=1S/C13H13N6/c1-14-5-2-10-3-6-19(7-4-10)13-11-12(16-8-15-11)17-9-18-13/h2,8-10H,3-4,6-7H2,(H,15,16,17,18)/q-1. The second-order valence-corrected chi connectivity index (χ2v) is 4.53. The molecular weight excluding hydrogens is 240 g/mol. The zero-order valence-corrected chi connectivity index (χ0v) is 10.4. The number of hydrogen-bond acceptors (Lipinski definition) is 4. The van der Waals surface area contributed by atoms with E-state index < -0.39 is 0 Å². The fraction of sp³-hybridized carbons (Fsp3) is 0.385. The van der Waals surface area contributed by atoms with Crippen molar-refractivity contribution in [1.29, 1.82) is 0 Å². The number of hydrogen-bond donors (Lipinski definition) is 1. The van der Waals surface area contributed by atoms with Crippen LogP contribution in [0.2, 0.25) is 0 Å². The highest BCUT2D eigenvalue weighted by Crippen LogP contribution is 2.26. The molecule has 96 valence electrons. The molecule has 1 aliphatic rings. The molecule has 0 radical (unpaired) electrons. The maximum Gasteiger partial charge on any atom is 0.182 e. The summed E-state index contributed by atoms with van der Waals surface area (Å²) in [5.41, 5.74) is 1.59. The molecule has 0 atom stereocenters. The number of nitrogens with one attached hydrogen (secondary N) is 1. The van der Waals surface area contributed by atoms with E-state index in [1.165, 1.54) is 0 Å². The Balaban J connectivity index is 1.77. The van der Waals surface area contributed by atoms with Gasteiger partial charge in [-0.1, -0.05) is 6.20 Å². The van der Waals surface area contributed by atoms with Crippen molar-refractivity contribution in [2.24, 2.45) is 5.92 Å². The smallest absolute Gasteiger partial charge is 0.182 e. The van der Waals surface area contributed by atoms with Gasteiger partial charge in [0.2, 0.25) is 0 Å². The molecule has 3 heterocycles. The second-order valence-electron chi connectivity index (χ2n) is 4.53. The van der Waals surface area contributed by atoms with Gasteiger partial charge in [0.1, 0.15) is 11.8 Å². The van der Waals surface area contributed by atoms with Crippen molar-refractivity contribution >= 4 is 17.0 Å². The first-order valence-corrected chi connectivity index (χ1v) is 6.23. The molecule has 0 aromatic carbocycles. The number of allylic oxidation sites excluding steroid dienone is 1. The van der Waals surface area contributed by atoms with Gasteiger partial charge in [0.25, 0.3) is 0 Å². The molecule has 1 N–H and O–H groups in total. The van der Waals surface area contributed by atoms with Gasteiger partial charge in [-0.2, -0.15) is 6.08 Å². The van der Waals surface area contributed by atoms with Crippen molar-refractivity contribution in [3.05, 3.63) is 36.3 Å². The molecule has 2 aromatic heterocycles. The molecule has 0 amide bonds. The van der Waals surface area contributed by atoms with Crippen LogP contribution in [0.25, 0.3) is 16.0 Å². The van der Waals surface area contributed by atoms with Crippen molar-refractivity contribution in [1.82, 2.24) is 19.9 Å². The molecule has 6 nitrogen and oxygen atoms in total. The van der Waals surface area contributed by atoms with Crippen LogP contribution < -0.4 is 4.90 Å². The molecule has 3 rings (SSSR count). The SMILES string of the molecule is [C-]#[N+][C-]=CC1CCN(c2ncnc3nc[nH]c23)CC1. The van der Waals surface area contributed by atoms with Gasteiger partial charge in [-0.25, -0.2) is 15.0 Å². The first-order valence-electron chi connectivity index (χ1n) is 6.23. The van der Waals surface area contributed by atoms with Crippen LogP contribution in [0.5, 0.6) is 0 Å². The van der Waals surface area contributed by atoms with Crippen LogP contribution in [0.15, 0.2) is 18.7 Å². The third-order valence-corrected chi connectivity index (χ3v) is 3.42. The Morgan fingerprint density at radius 3 is 3.00 bits per heavy atom. The fourth-order valence-electron chi connectivity index (χ4n) is 2.41. The maximum absolute atomic E-state index is 6.71. The van der Waals surface area contributed by atoms with Gasteiger partial charge in [0.05, 0.1) is 6.33 Å². The molecule has 0 bridgehead atoms. The summed E-state index contributed by atoms with van der Waals surface area (Å²) < 4.78 is 0. The Morgan fingerprint density at radius 1 is 1.37 bits per heavy atom. The molecule has 0 saturated carbocycles. The summed E-state index contributed by atoms with van der Waals surface area (Å²) >= 11 is 0. The average Bonchev–Trinajstić information content (AvgIpc) is 2.94. The number of aromatic amines is 1. The molecule has 0 unspecified atom stereocenters. The summed E-state index contributed by atoms with van der Waals surface area (Å²) in [6.45, 7) is 8.56. The number of fused-ring (bicyclic) bond motifs is 1. The summed E-state index contributed by atoms with van der Waals surface area (Å²) in [5, 5.41) is 0. The van der Waals surface area contributed by atoms with Gasteiger partial charge < -0.3 is 14.7 Å². The second kappa shape index (κ2) is 5.06. The van der Waals surface area contributed by atoms with Gasteiger partial charge in [0.15, 0.2) is 11.5 Å². The minimum atomic E-state index is 0.449. The Kier molecular flexibility index (Phi) is 3.11. The van der Waals surface area contributed by atoms with E-state index in [0.717, 1.165) is 37.3 Å². The van der Waals surface area contributed by atoms with E-state index in [1.54, 1.807) is 12.7 Å². The minimum Gasteiger partial charge on any atom is -0.479 e. The molecular formula is C13H13N6-. The van der Waals surface area contributed by atoms with Crippen molar-refractivity contribution in [2.45, 2.75) is 12.8 Å². The molecule has 2 aromatic rings. The van der Waals surface area contributed by atoms with E-state index in [2.05, 4.69) is 35.9 Å². The Bertz CT molecular complexity index is 630.